The molecule has 0 bridgehead atoms. The number of hydrogen-bond acceptors (Lipinski definition) is 3. The Morgan fingerprint density at radius 1 is 1.19 bits per heavy atom. The van der Waals surface area contributed by atoms with Crippen molar-refractivity contribution < 1.29 is 9.53 Å². The number of carbonyl (C=O) groups excluding carboxylic acids is 1. The van der Waals surface area contributed by atoms with Gasteiger partial charge in [-0.15, -0.1) is 0 Å². The van der Waals surface area contributed by atoms with E-state index in [0.717, 1.165) is 10.9 Å². The lowest BCUT2D eigenvalue weighted by Crippen LogP contribution is -2.04. The van der Waals surface area contributed by atoms with E-state index in [1.807, 2.05) is 50.4 Å². The van der Waals surface area contributed by atoms with Crippen LogP contribution >= 0.6 is 0 Å². The van der Waals surface area contributed by atoms with E-state index in [0.29, 0.717) is 23.6 Å². The molecule has 0 fully saturated rings. The largest absolute Gasteiger partial charge is 0.494 e. The molecular weight excluding hydrogens is 264 g/mol. The Balaban J connectivity index is 2.06. The van der Waals surface area contributed by atoms with Crippen molar-refractivity contribution in [3.05, 3.63) is 59.8 Å². The molecule has 0 aliphatic heterocycles. The van der Waals surface area contributed by atoms with Crippen LogP contribution in [0.15, 0.2) is 48.5 Å². The quantitative estimate of drug-likeness (QED) is 0.689. The van der Waals surface area contributed by atoms with Gasteiger partial charge in [0.05, 0.1) is 12.1 Å². The van der Waals surface area contributed by atoms with Crippen LogP contribution in [-0.2, 0) is 7.05 Å². The number of para-hydroxylation sites is 1. The summed E-state index contributed by atoms with van der Waals surface area (Å²) in [7, 11) is 1.84. The van der Waals surface area contributed by atoms with Gasteiger partial charge in [0.2, 0.25) is 5.78 Å². The van der Waals surface area contributed by atoms with E-state index >= 15 is 0 Å². The fourth-order valence-corrected chi connectivity index (χ4v) is 2.41. The summed E-state index contributed by atoms with van der Waals surface area (Å²) in [4.78, 5) is 12.7. The average molecular weight is 280 g/mol. The second kappa shape index (κ2) is 5.40. The average Bonchev–Trinajstić information content (AvgIpc) is 2.85. The number of ketones is 1. The molecule has 1 heterocycles. The zero-order valence-electron chi connectivity index (χ0n) is 12.0. The van der Waals surface area contributed by atoms with E-state index in [1.54, 1.807) is 16.8 Å². The Labute approximate surface area is 123 Å². The van der Waals surface area contributed by atoms with Gasteiger partial charge in [0.15, 0.2) is 0 Å². The molecule has 3 aromatic rings. The first-order chi connectivity index (χ1) is 10.2. The Kier molecular flexibility index (Phi) is 3.44. The number of carbonyl (C=O) groups is 1. The van der Waals surface area contributed by atoms with E-state index in [4.69, 9.17) is 4.74 Å². The third-order valence-corrected chi connectivity index (χ3v) is 3.38. The summed E-state index contributed by atoms with van der Waals surface area (Å²) in [5, 5.41) is 5.24. The van der Waals surface area contributed by atoms with Crippen molar-refractivity contribution in [3.8, 4) is 5.75 Å². The Morgan fingerprint density at radius 2 is 2.00 bits per heavy atom. The lowest BCUT2D eigenvalue weighted by Gasteiger charge is -2.04. The Bertz CT molecular complexity index is 805. The van der Waals surface area contributed by atoms with E-state index in [1.165, 1.54) is 0 Å². The highest BCUT2D eigenvalue weighted by Crippen LogP contribution is 2.22. The maximum atomic E-state index is 12.7. The summed E-state index contributed by atoms with van der Waals surface area (Å²) in [6, 6.07) is 14.9. The molecule has 0 saturated carbocycles. The van der Waals surface area contributed by atoms with Crippen molar-refractivity contribution >= 4 is 16.7 Å². The maximum absolute atomic E-state index is 12.7. The third-order valence-electron chi connectivity index (χ3n) is 3.38. The molecule has 4 heteroatoms. The van der Waals surface area contributed by atoms with Crippen molar-refractivity contribution in [1.29, 1.82) is 0 Å². The molecule has 0 aliphatic rings. The first-order valence-electron chi connectivity index (χ1n) is 6.90. The van der Waals surface area contributed by atoms with Crippen LogP contribution in [0.3, 0.4) is 0 Å². The van der Waals surface area contributed by atoms with Crippen LogP contribution in [0.4, 0.5) is 0 Å². The number of fused-ring (bicyclic) bond motifs is 1. The lowest BCUT2D eigenvalue weighted by atomic mass is 10.1. The van der Waals surface area contributed by atoms with E-state index in [-0.39, 0.29) is 5.78 Å². The minimum absolute atomic E-state index is 0.0895. The number of aromatic nitrogens is 2. The number of hydrogen-bond donors (Lipinski definition) is 0. The zero-order valence-corrected chi connectivity index (χ0v) is 12.0. The smallest absolute Gasteiger partial charge is 0.214 e. The van der Waals surface area contributed by atoms with Crippen LogP contribution in [-0.4, -0.2) is 22.2 Å². The Hall–Kier alpha value is -2.62. The zero-order chi connectivity index (χ0) is 14.8. The highest BCUT2D eigenvalue weighted by atomic mass is 16.5. The molecule has 0 saturated heterocycles. The van der Waals surface area contributed by atoms with Gasteiger partial charge in [-0.25, -0.2) is 0 Å². The first-order valence-corrected chi connectivity index (χ1v) is 6.90. The van der Waals surface area contributed by atoms with Crippen LogP contribution in [0.25, 0.3) is 10.9 Å². The van der Waals surface area contributed by atoms with Gasteiger partial charge in [-0.3, -0.25) is 9.48 Å². The standard InChI is InChI=1S/C17H16N2O2/c1-3-21-13-8-6-7-12(11-13)17(20)16-14-9-4-5-10-15(14)19(2)18-16/h4-11H,3H2,1-2H3. The summed E-state index contributed by atoms with van der Waals surface area (Å²) in [5.74, 6) is 0.608. The van der Waals surface area contributed by atoms with Crippen molar-refractivity contribution in [2.75, 3.05) is 6.61 Å². The van der Waals surface area contributed by atoms with Gasteiger partial charge in [-0.05, 0) is 25.1 Å². The highest BCUT2D eigenvalue weighted by Gasteiger charge is 2.17. The van der Waals surface area contributed by atoms with Crippen LogP contribution in [0.5, 0.6) is 5.75 Å². The van der Waals surface area contributed by atoms with E-state index < -0.39 is 0 Å². The van der Waals surface area contributed by atoms with E-state index in [9.17, 15) is 4.79 Å². The number of nitrogens with zero attached hydrogens (tertiary/aromatic N) is 2. The Morgan fingerprint density at radius 3 is 2.81 bits per heavy atom. The molecule has 1 aromatic heterocycles. The first kappa shape index (κ1) is 13.4. The summed E-state index contributed by atoms with van der Waals surface area (Å²) >= 11 is 0. The van der Waals surface area contributed by atoms with Crippen molar-refractivity contribution in [2.45, 2.75) is 6.92 Å². The van der Waals surface area contributed by atoms with Gasteiger partial charge in [0, 0.05) is 18.0 Å². The molecule has 0 aliphatic carbocycles. The van der Waals surface area contributed by atoms with E-state index in [2.05, 4.69) is 5.10 Å². The highest BCUT2D eigenvalue weighted by molar-refractivity contribution is 6.14. The molecule has 4 nitrogen and oxygen atoms in total. The molecular formula is C17H16N2O2. The fourth-order valence-electron chi connectivity index (χ4n) is 2.41. The second-order valence-electron chi connectivity index (χ2n) is 4.78. The van der Waals surface area contributed by atoms with Crippen molar-refractivity contribution in [3.63, 3.8) is 0 Å². The normalized spacial score (nSPS) is 10.8. The van der Waals surface area contributed by atoms with Gasteiger partial charge in [-0.2, -0.15) is 5.10 Å². The minimum atomic E-state index is -0.0895. The number of benzene rings is 2. The lowest BCUT2D eigenvalue weighted by molar-refractivity contribution is 0.103. The van der Waals surface area contributed by atoms with Gasteiger partial charge in [-0.1, -0.05) is 30.3 Å². The SMILES string of the molecule is CCOc1cccc(C(=O)c2nn(C)c3ccccc23)c1. The number of rotatable bonds is 4. The predicted octanol–water partition coefficient (Wildman–Crippen LogP) is 3.20. The maximum Gasteiger partial charge on any atom is 0.214 e. The minimum Gasteiger partial charge on any atom is -0.494 e. The van der Waals surface area contributed by atoms with Crippen molar-refractivity contribution in [2.24, 2.45) is 7.05 Å². The molecule has 0 atom stereocenters. The van der Waals surface area contributed by atoms with Crippen LogP contribution in [0, 0.1) is 0 Å². The molecule has 0 amide bonds. The van der Waals surface area contributed by atoms with Gasteiger partial charge >= 0.3 is 0 Å². The molecule has 21 heavy (non-hydrogen) atoms. The van der Waals surface area contributed by atoms with Gasteiger partial charge < -0.3 is 4.74 Å². The summed E-state index contributed by atoms with van der Waals surface area (Å²) in [6.07, 6.45) is 0. The molecule has 106 valence electrons. The predicted molar refractivity (Wildman–Crippen MR) is 81.8 cm³/mol. The number of ether oxygens (including phenoxy) is 1. The van der Waals surface area contributed by atoms with Crippen LogP contribution in [0.1, 0.15) is 23.0 Å². The summed E-state index contributed by atoms with van der Waals surface area (Å²) < 4.78 is 7.18. The summed E-state index contributed by atoms with van der Waals surface area (Å²) in [5.41, 5.74) is 2.01. The third kappa shape index (κ3) is 2.40. The van der Waals surface area contributed by atoms with Gasteiger partial charge in [0.1, 0.15) is 11.4 Å². The second-order valence-corrected chi connectivity index (χ2v) is 4.78. The monoisotopic (exact) mass is 280 g/mol. The van der Waals surface area contributed by atoms with Crippen LogP contribution in [0.2, 0.25) is 0 Å². The molecule has 3 rings (SSSR count). The molecule has 0 spiro atoms. The number of aryl methyl sites for hydroxylation is 1. The summed E-state index contributed by atoms with van der Waals surface area (Å²) in [6.45, 7) is 2.49. The molecule has 0 unspecified atom stereocenters. The van der Waals surface area contributed by atoms with Gasteiger partial charge in [0.25, 0.3) is 0 Å². The van der Waals surface area contributed by atoms with Crippen LogP contribution < -0.4 is 4.74 Å². The topological polar surface area (TPSA) is 44.1 Å². The fraction of sp³-hybridized carbons (Fsp3) is 0.176. The molecule has 0 radical (unpaired) electrons. The molecule has 2 aromatic carbocycles. The molecule has 0 N–H and O–H groups in total. The van der Waals surface area contributed by atoms with Crippen molar-refractivity contribution in [1.82, 2.24) is 9.78 Å².